The standard InChI is InChI=1S/C11H14N2O3S/c1-7-8(5-17-12-7)9(14)13-4-3-11(2,6-13)10(15)16/h5H,3-4,6H2,1-2H3,(H,15,16). The molecule has 2 heterocycles. The van der Waals surface area contributed by atoms with Crippen molar-refractivity contribution in [1.29, 1.82) is 0 Å². The number of hydrogen-bond acceptors (Lipinski definition) is 4. The maximum Gasteiger partial charge on any atom is 0.311 e. The molecular formula is C11H14N2O3S. The fraction of sp³-hybridized carbons (Fsp3) is 0.545. The quantitative estimate of drug-likeness (QED) is 0.865. The van der Waals surface area contributed by atoms with Crippen LogP contribution in [0.1, 0.15) is 29.4 Å². The summed E-state index contributed by atoms with van der Waals surface area (Å²) in [5.41, 5.74) is 0.487. The second kappa shape index (κ2) is 4.10. The first-order chi connectivity index (χ1) is 7.94. The van der Waals surface area contributed by atoms with E-state index in [-0.39, 0.29) is 12.5 Å². The number of carbonyl (C=O) groups excluding carboxylic acids is 1. The molecule has 0 radical (unpaired) electrons. The SMILES string of the molecule is Cc1nscc1C(=O)N1CCC(C)(C(=O)O)C1. The third-order valence-electron chi connectivity index (χ3n) is 3.26. The summed E-state index contributed by atoms with van der Waals surface area (Å²) in [6.45, 7) is 4.24. The van der Waals surface area contributed by atoms with Crippen molar-refractivity contribution in [2.24, 2.45) is 5.41 Å². The summed E-state index contributed by atoms with van der Waals surface area (Å²) in [6.07, 6.45) is 0.505. The second-order valence-electron chi connectivity index (χ2n) is 4.66. The van der Waals surface area contributed by atoms with Crippen LogP contribution in [-0.2, 0) is 4.79 Å². The minimum atomic E-state index is -0.840. The van der Waals surface area contributed by atoms with Crippen molar-refractivity contribution in [3.05, 3.63) is 16.6 Å². The van der Waals surface area contributed by atoms with Gasteiger partial charge in [0.2, 0.25) is 0 Å². The lowest BCUT2D eigenvalue weighted by atomic mass is 9.90. The Morgan fingerprint density at radius 2 is 2.29 bits per heavy atom. The van der Waals surface area contributed by atoms with Gasteiger partial charge in [0.25, 0.3) is 5.91 Å². The summed E-state index contributed by atoms with van der Waals surface area (Å²) in [4.78, 5) is 24.8. The van der Waals surface area contributed by atoms with Crippen molar-refractivity contribution in [2.45, 2.75) is 20.3 Å². The van der Waals surface area contributed by atoms with E-state index in [4.69, 9.17) is 5.11 Å². The molecule has 1 aliphatic rings. The monoisotopic (exact) mass is 254 g/mol. The highest BCUT2D eigenvalue weighted by atomic mass is 32.1. The van der Waals surface area contributed by atoms with Gasteiger partial charge in [-0.1, -0.05) is 0 Å². The van der Waals surface area contributed by atoms with E-state index in [0.717, 1.165) is 0 Å². The first kappa shape index (κ1) is 12.0. The molecule has 0 aromatic carbocycles. The van der Waals surface area contributed by atoms with Gasteiger partial charge in [0.05, 0.1) is 16.7 Å². The molecule has 1 fully saturated rings. The average molecular weight is 254 g/mol. The van der Waals surface area contributed by atoms with Crippen LogP contribution in [0.4, 0.5) is 0 Å². The van der Waals surface area contributed by atoms with Gasteiger partial charge in [-0.25, -0.2) is 0 Å². The Morgan fingerprint density at radius 1 is 1.59 bits per heavy atom. The molecule has 6 heteroatoms. The van der Waals surface area contributed by atoms with Crippen molar-refractivity contribution in [1.82, 2.24) is 9.27 Å². The zero-order valence-electron chi connectivity index (χ0n) is 9.77. The molecule has 0 aliphatic carbocycles. The Balaban J connectivity index is 2.15. The number of nitrogens with zero attached hydrogens (tertiary/aromatic N) is 2. The Labute approximate surface area is 103 Å². The van der Waals surface area contributed by atoms with Gasteiger partial charge in [0, 0.05) is 18.5 Å². The summed E-state index contributed by atoms with van der Waals surface area (Å²) in [5.74, 6) is -0.950. The lowest BCUT2D eigenvalue weighted by Crippen LogP contribution is -2.34. The van der Waals surface area contributed by atoms with Crippen LogP contribution < -0.4 is 0 Å². The van der Waals surface area contributed by atoms with Crippen LogP contribution in [0.3, 0.4) is 0 Å². The third-order valence-corrected chi connectivity index (χ3v) is 3.98. The smallest absolute Gasteiger partial charge is 0.311 e. The number of aryl methyl sites for hydroxylation is 1. The summed E-state index contributed by atoms with van der Waals surface area (Å²) in [7, 11) is 0. The molecule has 1 aromatic heterocycles. The molecule has 1 N–H and O–H groups in total. The first-order valence-electron chi connectivity index (χ1n) is 5.38. The highest BCUT2D eigenvalue weighted by Crippen LogP contribution is 2.31. The maximum atomic E-state index is 12.1. The lowest BCUT2D eigenvalue weighted by Gasteiger charge is -2.19. The first-order valence-corrected chi connectivity index (χ1v) is 6.21. The normalized spacial score (nSPS) is 24.0. The summed E-state index contributed by atoms with van der Waals surface area (Å²) < 4.78 is 4.06. The van der Waals surface area contributed by atoms with Gasteiger partial charge < -0.3 is 10.0 Å². The molecule has 17 heavy (non-hydrogen) atoms. The van der Waals surface area contributed by atoms with Crippen molar-refractivity contribution in [3.63, 3.8) is 0 Å². The number of likely N-dealkylation sites (tertiary alicyclic amines) is 1. The Bertz CT molecular complexity index is 471. The fourth-order valence-corrected chi connectivity index (χ4v) is 2.66. The molecule has 0 bridgehead atoms. The Hall–Kier alpha value is -1.43. The van der Waals surface area contributed by atoms with E-state index < -0.39 is 11.4 Å². The molecule has 1 saturated heterocycles. The van der Waals surface area contributed by atoms with Crippen molar-refractivity contribution in [3.8, 4) is 0 Å². The van der Waals surface area contributed by atoms with Crippen LogP contribution in [0.2, 0.25) is 0 Å². The number of carboxylic acids is 1. The van der Waals surface area contributed by atoms with Gasteiger partial charge in [-0.3, -0.25) is 9.59 Å². The summed E-state index contributed by atoms with van der Waals surface area (Å²) >= 11 is 1.25. The summed E-state index contributed by atoms with van der Waals surface area (Å²) in [5, 5.41) is 10.8. The Morgan fingerprint density at radius 3 is 2.76 bits per heavy atom. The predicted molar refractivity (Wildman–Crippen MR) is 63.1 cm³/mol. The highest BCUT2D eigenvalue weighted by molar-refractivity contribution is 7.03. The molecule has 1 amide bonds. The Kier molecular flexibility index (Phi) is 2.91. The van der Waals surface area contributed by atoms with Crippen LogP contribution >= 0.6 is 11.5 Å². The number of carboxylic acid groups (broad SMARTS) is 1. The third kappa shape index (κ3) is 2.04. The maximum absolute atomic E-state index is 12.1. The van der Waals surface area contributed by atoms with Crippen LogP contribution in [0, 0.1) is 12.3 Å². The van der Waals surface area contributed by atoms with E-state index in [2.05, 4.69) is 4.37 Å². The van der Waals surface area contributed by atoms with E-state index in [1.165, 1.54) is 11.5 Å². The van der Waals surface area contributed by atoms with Crippen molar-refractivity contribution in [2.75, 3.05) is 13.1 Å². The van der Waals surface area contributed by atoms with Gasteiger partial charge in [-0.05, 0) is 31.8 Å². The number of amides is 1. The molecular weight excluding hydrogens is 240 g/mol. The van der Waals surface area contributed by atoms with E-state index in [9.17, 15) is 9.59 Å². The van der Waals surface area contributed by atoms with E-state index in [1.807, 2.05) is 0 Å². The molecule has 1 atom stereocenters. The minimum Gasteiger partial charge on any atom is -0.481 e. The topological polar surface area (TPSA) is 70.5 Å². The van der Waals surface area contributed by atoms with Crippen LogP contribution in [0.15, 0.2) is 5.38 Å². The molecule has 92 valence electrons. The van der Waals surface area contributed by atoms with Crippen LogP contribution in [0.5, 0.6) is 0 Å². The van der Waals surface area contributed by atoms with Crippen LogP contribution in [-0.4, -0.2) is 39.3 Å². The number of aliphatic carboxylic acids is 1. The molecule has 0 spiro atoms. The van der Waals surface area contributed by atoms with E-state index in [1.54, 1.807) is 24.1 Å². The average Bonchev–Trinajstić information content (AvgIpc) is 2.85. The predicted octanol–water partition coefficient (Wildman–Crippen LogP) is 1.39. The van der Waals surface area contributed by atoms with Crippen LogP contribution in [0.25, 0.3) is 0 Å². The lowest BCUT2D eigenvalue weighted by molar-refractivity contribution is -0.147. The molecule has 1 aliphatic heterocycles. The van der Waals surface area contributed by atoms with Gasteiger partial charge in [0.1, 0.15) is 0 Å². The number of rotatable bonds is 2. The highest BCUT2D eigenvalue weighted by Gasteiger charge is 2.42. The zero-order chi connectivity index (χ0) is 12.6. The van der Waals surface area contributed by atoms with Gasteiger partial charge in [-0.15, -0.1) is 0 Å². The molecule has 2 rings (SSSR count). The number of carbonyl (C=O) groups is 2. The fourth-order valence-electron chi connectivity index (χ4n) is 1.98. The van der Waals surface area contributed by atoms with E-state index in [0.29, 0.717) is 24.2 Å². The summed E-state index contributed by atoms with van der Waals surface area (Å²) in [6, 6.07) is 0. The van der Waals surface area contributed by atoms with Gasteiger partial charge in [0.15, 0.2) is 0 Å². The zero-order valence-corrected chi connectivity index (χ0v) is 10.6. The van der Waals surface area contributed by atoms with Crippen molar-refractivity contribution >= 4 is 23.4 Å². The largest absolute Gasteiger partial charge is 0.481 e. The minimum absolute atomic E-state index is 0.110. The van der Waals surface area contributed by atoms with Gasteiger partial charge >= 0.3 is 5.97 Å². The molecule has 1 aromatic rings. The van der Waals surface area contributed by atoms with Crippen molar-refractivity contribution < 1.29 is 14.7 Å². The molecule has 1 unspecified atom stereocenters. The molecule has 5 nitrogen and oxygen atoms in total. The van der Waals surface area contributed by atoms with E-state index >= 15 is 0 Å². The number of aromatic nitrogens is 1. The second-order valence-corrected chi connectivity index (χ2v) is 5.29. The number of hydrogen-bond donors (Lipinski definition) is 1. The van der Waals surface area contributed by atoms with Gasteiger partial charge in [-0.2, -0.15) is 4.37 Å². The molecule has 0 saturated carbocycles.